The fraction of sp³-hybridized carbons (Fsp3) is 0.793. The fourth-order valence-corrected chi connectivity index (χ4v) is 8.48. The van der Waals surface area contributed by atoms with Crippen molar-refractivity contribution >= 4 is 0 Å². The normalized spacial score (nSPS) is 43.6. The van der Waals surface area contributed by atoms with Crippen LogP contribution >= 0.6 is 0 Å². The molecule has 0 radical (unpaired) electrons. The number of hydrogen-bond donors (Lipinski definition) is 0. The Morgan fingerprint density at radius 3 is 2.55 bits per heavy atom. The molecule has 2 fully saturated rings. The van der Waals surface area contributed by atoms with Crippen LogP contribution in [0.5, 0.6) is 0 Å². The first-order chi connectivity index (χ1) is 13.8. The van der Waals surface area contributed by atoms with Gasteiger partial charge in [0.2, 0.25) is 0 Å². The second-order valence-electron chi connectivity index (χ2n) is 11.9. The lowest BCUT2D eigenvalue weighted by Crippen LogP contribution is -2.49. The van der Waals surface area contributed by atoms with E-state index >= 15 is 0 Å². The Balaban J connectivity index is 1.52. The molecule has 0 bridgehead atoms. The Morgan fingerprint density at radius 1 is 1.03 bits per heavy atom. The molecule has 0 amide bonds. The molecule has 2 saturated carbocycles. The Kier molecular flexibility index (Phi) is 5.95. The first-order valence-corrected chi connectivity index (χ1v) is 12.8. The summed E-state index contributed by atoms with van der Waals surface area (Å²) in [4.78, 5) is 0. The molecule has 4 rings (SSSR count). The standard InChI is InChI=1S/C29H46/c1-7-22(20(2)3)12-11-21(4)25-15-16-26-24-14-13-23-10-8-9-18-28(23,5)27(24)17-19-29(25,26)6/h8-9,11-13,20-22,24-27H,7,10,14-19H2,1-6H3/b12-11+/t21?,22-,24+,25-,26+,27+,28+,29-/m1/s1. The molecule has 4 aliphatic carbocycles. The molecule has 1 unspecified atom stereocenters. The monoisotopic (exact) mass is 394 g/mol. The molecule has 29 heavy (non-hydrogen) atoms. The van der Waals surface area contributed by atoms with Gasteiger partial charge in [-0.15, -0.1) is 0 Å². The van der Waals surface area contributed by atoms with E-state index in [4.69, 9.17) is 0 Å². The summed E-state index contributed by atoms with van der Waals surface area (Å²) in [6.45, 7) is 14.9. The molecule has 0 aromatic rings. The van der Waals surface area contributed by atoms with Crippen LogP contribution in [-0.4, -0.2) is 0 Å². The van der Waals surface area contributed by atoms with Crippen molar-refractivity contribution in [1.29, 1.82) is 0 Å². The van der Waals surface area contributed by atoms with Gasteiger partial charge in [-0.25, -0.2) is 0 Å². The van der Waals surface area contributed by atoms with Crippen LogP contribution in [-0.2, 0) is 0 Å². The molecule has 0 N–H and O–H groups in total. The van der Waals surface area contributed by atoms with Crippen LogP contribution in [0.3, 0.4) is 0 Å². The van der Waals surface area contributed by atoms with Gasteiger partial charge >= 0.3 is 0 Å². The van der Waals surface area contributed by atoms with E-state index in [2.05, 4.69) is 71.9 Å². The maximum atomic E-state index is 2.69. The van der Waals surface area contributed by atoms with Crippen molar-refractivity contribution in [2.75, 3.05) is 0 Å². The Labute approximate surface area is 181 Å². The molecule has 0 aromatic heterocycles. The summed E-state index contributed by atoms with van der Waals surface area (Å²) < 4.78 is 0. The molecule has 0 nitrogen and oxygen atoms in total. The van der Waals surface area contributed by atoms with Crippen LogP contribution in [0.15, 0.2) is 36.0 Å². The summed E-state index contributed by atoms with van der Waals surface area (Å²) in [6, 6.07) is 0. The van der Waals surface area contributed by atoms with Crippen molar-refractivity contribution in [3.63, 3.8) is 0 Å². The lowest BCUT2D eigenvalue weighted by Gasteiger charge is -2.57. The fourth-order valence-electron chi connectivity index (χ4n) is 8.48. The highest BCUT2D eigenvalue weighted by molar-refractivity contribution is 5.28. The van der Waals surface area contributed by atoms with Gasteiger partial charge < -0.3 is 0 Å². The minimum absolute atomic E-state index is 0.466. The predicted octanol–water partition coefficient (Wildman–Crippen LogP) is 8.61. The molecule has 0 saturated heterocycles. The first kappa shape index (κ1) is 21.5. The van der Waals surface area contributed by atoms with Gasteiger partial charge in [0.15, 0.2) is 0 Å². The van der Waals surface area contributed by atoms with Gasteiger partial charge in [-0.3, -0.25) is 0 Å². The second kappa shape index (κ2) is 8.05. The zero-order valence-corrected chi connectivity index (χ0v) is 20.1. The third-order valence-electron chi connectivity index (χ3n) is 10.4. The maximum absolute atomic E-state index is 2.69. The van der Waals surface area contributed by atoms with Gasteiger partial charge in [-0.1, -0.05) is 77.5 Å². The summed E-state index contributed by atoms with van der Waals surface area (Å²) in [5.41, 5.74) is 2.81. The van der Waals surface area contributed by atoms with E-state index in [0.717, 1.165) is 41.4 Å². The number of rotatable bonds is 5. The van der Waals surface area contributed by atoms with E-state index in [0.29, 0.717) is 10.8 Å². The minimum atomic E-state index is 0.466. The van der Waals surface area contributed by atoms with E-state index in [1.165, 1.54) is 51.4 Å². The molecule has 0 heteroatoms. The molecule has 4 aliphatic rings. The number of hydrogen-bond acceptors (Lipinski definition) is 0. The highest BCUT2D eigenvalue weighted by Crippen LogP contribution is 2.66. The van der Waals surface area contributed by atoms with Crippen molar-refractivity contribution in [1.82, 2.24) is 0 Å². The Hall–Kier alpha value is -0.780. The summed E-state index contributed by atoms with van der Waals surface area (Å²) in [7, 11) is 0. The summed E-state index contributed by atoms with van der Waals surface area (Å²) in [6.07, 6.45) is 23.8. The van der Waals surface area contributed by atoms with Gasteiger partial charge in [-0.2, -0.15) is 0 Å². The summed E-state index contributed by atoms with van der Waals surface area (Å²) >= 11 is 0. The third kappa shape index (κ3) is 3.51. The second-order valence-corrected chi connectivity index (χ2v) is 11.9. The average molecular weight is 395 g/mol. The van der Waals surface area contributed by atoms with Crippen LogP contribution in [0.2, 0.25) is 0 Å². The zero-order valence-electron chi connectivity index (χ0n) is 20.1. The molecule has 8 atom stereocenters. The molecule has 0 heterocycles. The highest BCUT2D eigenvalue weighted by Gasteiger charge is 2.58. The predicted molar refractivity (Wildman–Crippen MR) is 127 cm³/mol. The van der Waals surface area contributed by atoms with Crippen molar-refractivity contribution in [3.8, 4) is 0 Å². The van der Waals surface area contributed by atoms with Crippen molar-refractivity contribution in [2.24, 2.45) is 52.3 Å². The molecule has 162 valence electrons. The average Bonchev–Trinajstić information content (AvgIpc) is 3.05. The quantitative estimate of drug-likeness (QED) is 0.409. The van der Waals surface area contributed by atoms with Gasteiger partial charge in [0.05, 0.1) is 0 Å². The van der Waals surface area contributed by atoms with E-state index in [1.807, 2.05) is 0 Å². The van der Waals surface area contributed by atoms with E-state index < -0.39 is 0 Å². The van der Waals surface area contributed by atoms with E-state index in [1.54, 1.807) is 5.57 Å². The Morgan fingerprint density at radius 2 is 1.83 bits per heavy atom. The number of allylic oxidation sites excluding steroid dienone is 6. The summed E-state index contributed by atoms with van der Waals surface area (Å²) in [5, 5.41) is 0. The van der Waals surface area contributed by atoms with Crippen molar-refractivity contribution in [3.05, 3.63) is 36.0 Å². The van der Waals surface area contributed by atoms with Crippen LogP contribution in [0.1, 0.15) is 92.9 Å². The van der Waals surface area contributed by atoms with Crippen LogP contribution in [0, 0.1) is 52.3 Å². The molecular weight excluding hydrogens is 348 g/mol. The van der Waals surface area contributed by atoms with E-state index in [9.17, 15) is 0 Å². The summed E-state index contributed by atoms with van der Waals surface area (Å²) in [5.74, 6) is 5.96. The largest absolute Gasteiger partial charge is 0.0873 e. The van der Waals surface area contributed by atoms with Gasteiger partial charge in [0, 0.05) is 0 Å². The topological polar surface area (TPSA) is 0 Å². The molecule has 0 aliphatic heterocycles. The van der Waals surface area contributed by atoms with Crippen LogP contribution < -0.4 is 0 Å². The van der Waals surface area contributed by atoms with Crippen LogP contribution in [0.4, 0.5) is 0 Å². The lowest BCUT2D eigenvalue weighted by molar-refractivity contribution is -0.0400. The van der Waals surface area contributed by atoms with Gasteiger partial charge in [0.1, 0.15) is 0 Å². The minimum Gasteiger partial charge on any atom is -0.0873 e. The number of fused-ring (bicyclic) bond motifs is 5. The van der Waals surface area contributed by atoms with E-state index in [-0.39, 0.29) is 0 Å². The highest BCUT2D eigenvalue weighted by atomic mass is 14.6. The van der Waals surface area contributed by atoms with Crippen LogP contribution in [0.25, 0.3) is 0 Å². The van der Waals surface area contributed by atoms with Crippen molar-refractivity contribution in [2.45, 2.75) is 92.9 Å². The SMILES string of the molecule is CC[C@H](/C=C/C(C)[C@H]1CC[C@H]2[C@@H]3CC=C4CC=CC[C@]4(C)[C@H]3CC[C@]12C)C(C)C. The van der Waals surface area contributed by atoms with Gasteiger partial charge in [0.25, 0.3) is 0 Å². The maximum Gasteiger partial charge on any atom is -0.00478 e. The van der Waals surface area contributed by atoms with Gasteiger partial charge in [-0.05, 0) is 104 Å². The van der Waals surface area contributed by atoms with Crippen molar-refractivity contribution < 1.29 is 0 Å². The molecular formula is C29H46. The third-order valence-corrected chi connectivity index (χ3v) is 10.4. The zero-order chi connectivity index (χ0) is 20.8. The molecule has 0 spiro atoms. The Bertz CT molecular complexity index is 678. The molecule has 0 aromatic carbocycles. The smallest absolute Gasteiger partial charge is 0.00478 e. The first-order valence-electron chi connectivity index (χ1n) is 12.8. The lowest BCUT2D eigenvalue weighted by atomic mass is 9.47.